The van der Waals surface area contributed by atoms with Crippen molar-refractivity contribution in [1.82, 2.24) is 14.5 Å². The van der Waals surface area contributed by atoms with Gasteiger partial charge < -0.3 is 10.2 Å². The first-order valence-corrected chi connectivity index (χ1v) is 9.32. The summed E-state index contributed by atoms with van der Waals surface area (Å²) in [6.07, 6.45) is 0. The lowest BCUT2D eigenvalue weighted by Crippen LogP contribution is -2.52. The summed E-state index contributed by atoms with van der Waals surface area (Å²) in [6, 6.07) is 7.07. The molecule has 24 heavy (non-hydrogen) atoms. The number of nitrogens with one attached hydrogen (secondary N) is 1. The van der Waals surface area contributed by atoms with Crippen molar-refractivity contribution >= 4 is 28.3 Å². The van der Waals surface area contributed by atoms with E-state index in [4.69, 9.17) is 0 Å². The second-order valence-corrected chi connectivity index (χ2v) is 7.98. The number of likely N-dealkylation sites (N-methyl/N-ethyl adjacent to an activating group) is 1. The predicted molar refractivity (Wildman–Crippen MR) is 97.0 cm³/mol. The van der Waals surface area contributed by atoms with Gasteiger partial charge in [0, 0.05) is 26.2 Å². The monoisotopic (exact) mass is 375 g/mol. The Labute approximate surface area is 150 Å². The second-order valence-electron chi connectivity index (χ2n) is 6.04. The molecule has 1 saturated heterocycles. The summed E-state index contributed by atoms with van der Waals surface area (Å²) < 4.78 is 26.8. The minimum Gasteiger partial charge on any atom is -0.339 e. The lowest BCUT2D eigenvalue weighted by atomic mass is 10.0. The zero-order valence-electron chi connectivity index (χ0n) is 14.4. The van der Waals surface area contributed by atoms with Crippen LogP contribution in [0.2, 0.25) is 0 Å². The number of hydrogen-bond acceptors (Lipinski definition) is 4. The maximum Gasteiger partial charge on any atom is 0.243 e. The Morgan fingerprint density at radius 2 is 1.67 bits per heavy atom. The van der Waals surface area contributed by atoms with Crippen LogP contribution in [0.4, 0.5) is 0 Å². The van der Waals surface area contributed by atoms with E-state index in [0.29, 0.717) is 37.0 Å². The van der Waals surface area contributed by atoms with Gasteiger partial charge in [0.15, 0.2) is 0 Å². The zero-order valence-corrected chi connectivity index (χ0v) is 16.0. The summed E-state index contributed by atoms with van der Waals surface area (Å²) in [5.74, 6) is 0.374. The first kappa shape index (κ1) is 20.9. The van der Waals surface area contributed by atoms with E-state index in [1.165, 1.54) is 4.31 Å². The molecule has 1 aromatic carbocycles. The van der Waals surface area contributed by atoms with Gasteiger partial charge in [0.2, 0.25) is 15.9 Å². The molecule has 1 aromatic rings. The predicted octanol–water partition coefficient (Wildman–Crippen LogP) is 1.28. The Hall–Kier alpha value is -1.15. The first-order valence-electron chi connectivity index (χ1n) is 7.88. The van der Waals surface area contributed by atoms with Gasteiger partial charge in [0.05, 0.1) is 11.4 Å². The lowest BCUT2D eigenvalue weighted by molar-refractivity contribution is -0.131. The molecule has 1 aliphatic rings. The quantitative estimate of drug-likeness (QED) is 0.841. The van der Waals surface area contributed by atoms with Gasteiger partial charge in [-0.3, -0.25) is 4.79 Å². The molecule has 0 spiro atoms. The number of rotatable bonds is 5. The van der Waals surface area contributed by atoms with Crippen LogP contribution in [0, 0.1) is 0 Å². The van der Waals surface area contributed by atoms with Gasteiger partial charge in [-0.25, -0.2) is 8.42 Å². The van der Waals surface area contributed by atoms with Crippen molar-refractivity contribution in [3.8, 4) is 0 Å². The van der Waals surface area contributed by atoms with Crippen LogP contribution in [-0.4, -0.2) is 63.3 Å². The third-order valence-electron chi connectivity index (χ3n) is 4.10. The third kappa shape index (κ3) is 4.69. The average Bonchev–Trinajstić information content (AvgIpc) is 2.55. The van der Waals surface area contributed by atoms with E-state index in [-0.39, 0.29) is 24.9 Å². The van der Waals surface area contributed by atoms with Gasteiger partial charge in [0.25, 0.3) is 0 Å². The standard InChI is InChI=1S/C16H25N3O3S.ClH/c1-13(2)14-4-6-15(7-5-14)23(21,22)19-10-8-18(9-11-19)16(20)12-17-3;/h4-7,13,17H,8-12H2,1-3H3;1H. The van der Waals surface area contributed by atoms with Gasteiger partial charge in [0.1, 0.15) is 0 Å². The minimum absolute atomic E-state index is 0. The van der Waals surface area contributed by atoms with Crippen molar-refractivity contribution in [3.05, 3.63) is 29.8 Å². The summed E-state index contributed by atoms with van der Waals surface area (Å²) in [7, 11) is -1.76. The highest BCUT2D eigenvalue weighted by atomic mass is 35.5. The van der Waals surface area contributed by atoms with Crippen LogP contribution in [0.25, 0.3) is 0 Å². The molecule has 1 heterocycles. The third-order valence-corrected chi connectivity index (χ3v) is 6.02. The molecule has 1 aliphatic heterocycles. The van der Waals surface area contributed by atoms with Gasteiger partial charge in [-0.15, -0.1) is 12.4 Å². The molecule has 0 aromatic heterocycles. The highest BCUT2D eigenvalue weighted by Crippen LogP contribution is 2.21. The molecule has 1 fully saturated rings. The number of carbonyl (C=O) groups excluding carboxylic acids is 1. The van der Waals surface area contributed by atoms with E-state index in [1.54, 1.807) is 24.1 Å². The van der Waals surface area contributed by atoms with E-state index in [1.807, 2.05) is 12.1 Å². The molecular formula is C16H26ClN3O3S. The smallest absolute Gasteiger partial charge is 0.243 e. The van der Waals surface area contributed by atoms with Crippen molar-refractivity contribution in [2.75, 3.05) is 39.8 Å². The number of carbonyl (C=O) groups is 1. The van der Waals surface area contributed by atoms with Crippen LogP contribution in [0.5, 0.6) is 0 Å². The Morgan fingerprint density at radius 1 is 1.12 bits per heavy atom. The highest BCUT2D eigenvalue weighted by Gasteiger charge is 2.29. The lowest BCUT2D eigenvalue weighted by Gasteiger charge is -2.34. The molecule has 0 unspecified atom stereocenters. The molecule has 0 aliphatic carbocycles. The molecule has 8 heteroatoms. The molecule has 0 bridgehead atoms. The maximum absolute atomic E-state index is 12.7. The SMILES string of the molecule is CNCC(=O)N1CCN(S(=O)(=O)c2ccc(C(C)C)cc2)CC1.Cl. The summed E-state index contributed by atoms with van der Waals surface area (Å²) in [5, 5.41) is 2.82. The van der Waals surface area contributed by atoms with Crippen molar-refractivity contribution in [2.24, 2.45) is 0 Å². The maximum atomic E-state index is 12.7. The summed E-state index contributed by atoms with van der Waals surface area (Å²) >= 11 is 0. The number of benzene rings is 1. The zero-order chi connectivity index (χ0) is 17.0. The molecule has 2 rings (SSSR count). The first-order chi connectivity index (χ1) is 10.9. The van der Waals surface area contributed by atoms with E-state index in [2.05, 4.69) is 19.2 Å². The van der Waals surface area contributed by atoms with Crippen LogP contribution in [0.1, 0.15) is 25.3 Å². The Kier molecular flexibility index (Phi) is 7.66. The Morgan fingerprint density at radius 3 is 2.12 bits per heavy atom. The van der Waals surface area contributed by atoms with E-state index < -0.39 is 10.0 Å². The van der Waals surface area contributed by atoms with Crippen molar-refractivity contribution in [3.63, 3.8) is 0 Å². The number of hydrogen-bond donors (Lipinski definition) is 1. The summed E-state index contributed by atoms with van der Waals surface area (Å²) in [6.45, 7) is 5.97. The fourth-order valence-corrected chi connectivity index (χ4v) is 4.04. The fourth-order valence-electron chi connectivity index (χ4n) is 2.61. The molecule has 0 saturated carbocycles. The van der Waals surface area contributed by atoms with E-state index in [9.17, 15) is 13.2 Å². The van der Waals surface area contributed by atoms with Gasteiger partial charge in [-0.2, -0.15) is 4.31 Å². The van der Waals surface area contributed by atoms with Gasteiger partial charge >= 0.3 is 0 Å². The highest BCUT2D eigenvalue weighted by molar-refractivity contribution is 7.89. The molecule has 136 valence electrons. The fraction of sp³-hybridized carbons (Fsp3) is 0.562. The van der Waals surface area contributed by atoms with Crippen molar-refractivity contribution < 1.29 is 13.2 Å². The van der Waals surface area contributed by atoms with Crippen LogP contribution in [0.3, 0.4) is 0 Å². The number of nitrogens with zero attached hydrogens (tertiary/aromatic N) is 2. The molecule has 6 nitrogen and oxygen atoms in total. The Bertz CT molecular complexity index is 639. The molecular weight excluding hydrogens is 350 g/mol. The topological polar surface area (TPSA) is 69.7 Å². The van der Waals surface area contributed by atoms with E-state index in [0.717, 1.165) is 5.56 Å². The molecule has 1 N–H and O–H groups in total. The molecule has 0 atom stereocenters. The van der Waals surface area contributed by atoms with Crippen molar-refractivity contribution in [2.45, 2.75) is 24.7 Å². The number of amides is 1. The molecule has 1 amide bonds. The number of piperazine rings is 1. The van der Waals surface area contributed by atoms with Crippen LogP contribution >= 0.6 is 12.4 Å². The van der Waals surface area contributed by atoms with Gasteiger partial charge in [-0.1, -0.05) is 26.0 Å². The second kappa shape index (κ2) is 8.80. The van der Waals surface area contributed by atoms with Gasteiger partial charge in [-0.05, 0) is 30.7 Å². The van der Waals surface area contributed by atoms with Crippen molar-refractivity contribution in [1.29, 1.82) is 0 Å². The number of sulfonamides is 1. The van der Waals surface area contributed by atoms with Crippen LogP contribution in [0.15, 0.2) is 29.2 Å². The summed E-state index contributed by atoms with van der Waals surface area (Å²) in [4.78, 5) is 13.8. The minimum atomic E-state index is -3.49. The van der Waals surface area contributed by atoms with Crippen LogP contribution in [-0.2, 0) is 14.8 Å². The molecule has 0 radical (unpaired) electrons. The van der Waals surface area contributed by atoms with Crippen LogP contribution < -0.4 is 5.32 Å². The number of halogens is 1. The normalized spacial score (nSPS) is 16.1. The summed E-state index contributed by atoms with van der Waals surface area (Å²) in [5.41, 5.74) is 1.12. The van der Waals surface area contributed by atoms with E-state index >= 15 is 0 Å². The Balaban J connectivity index is 0.00000288. The average molecular weight is 376 g/mol. The largest absolute Gasteiger partial charge is 0.339 e.